The van der Waals surface area contributed by atoms with Crippen LogP contribution in [0.2, 0.25) is 0 Å². The van der Waals surface area contributed by atoms with Gasteiger partial charge in [0.15, 0.2) is 0 Å². The fraction of sp³-hybridized carbons (Fsp3) is 0. The van der Waals surface area contributed by atoms with Gasteiger partial charge in [0.05, 0.1) is 5.69 Å². The summed E-state index contributed by atoms with van der Waals surface area (Å²) in [4.78, 5) is 38.1. The Bertz CT molecular complexity index is 854. The second-order valence-electron chi connectivity index (χ2n) is 3.47. The zero-order valence-corrected chi connectivity index (χ0v) is 10.5. The van der Waals surface area contributed by atoms with Gasteiger partial charge in [-0.15, -0.1) is 0 Å². The van der Waals surface area contributed by atoms with Crippen molar-refractivity contribution in [2.45, 2.75) is 0 Å². The number of hydrogen-bond acceptors (Lipinski definition) is 3. The first-order valence-corrected chi connectivity index (χ1v) is 7.20. The summed E-state index contributed by atoms with van der Waals surface area (Å²) in [5.41, 5.74) is -0.378. The van der Waals surface area contributed by atoms with Crippen molar-refractivity contribution in [2.24, 2.45) is 0 Å². The summed E-state index contributed by atoms with van der Waals surface area (Å²) in [7, 11) is 0. The Hall–Kier alpha value is -1.77. The van der Waals surface area contributed by atoms with E-state index in [0.29, 0.717) is 11.3 Å². The van der Waals surface area contributed by atoms with Gasteiger partial charge in [-0.05, 0) is 14.2 Å². The molecule has 1 aliphatic rings. The standard InChI is InChI=1S/C10H6IN3O3/c15-8-4-1-2-11-3-5(4)12-7-6(8)9(16)13-14-10(7)17/h1-3H,(H,12,15)(H,13,16)(H,14,17). The molecule has 0 unspecified atom stereocenters. The van der Waals surface area contributed by atoms with E-state index in [2.05, 4.69) is 15.2 Å². The van der Waals surface area contributed by atoms with Crippen molar-refractivity contribution in [3.05, 3.63) is 46.3 Å². The second-order valence-corrected chi connectivity index (χ2v) is 5.53. The molecule has 0 atom stereocenters. The Kier molecular flexibility index (Phi) is 2.21. The van der Waals surface area contributed by atoms with Crippen LogP contribution in [0, 0.1) is 0 Å². The number of rotatable bonds is 0. The van der Waals surface area contributed by atoms with Crippen molar-refractivity contribution in [1.29, 1.82) is 0 Å². The first-order chi connectivity index (χ1) is 8.18. The summed E-state index contributed by atoms with van der Waals surface area (Å²) in [5.74, 6) is 0. The van der Waals surface area contributed by atoms with Crippen LogP contribution in [-0.4, -0.2) is 19.2 Å². The third kappa shape index (κ3) is 1.46. The molecule has 2 aromatic rings. The zero-order chi connectivity index (χ0) is 12.0. The maximum Gasteiger partial charge on any atom is 0.287 e. The normalized spacial score (nSPS) is 13.4. The molecule has 17 heavy (non-hydrogen) atoms. The van der Waals surface area contributed by atoms with E-state index < -0.39 is 16.5 Å². The number of nitrogens with one attached hydrogen (secondary N) is 3. The summed E-state index contributed by atoms with van der Waals surface area (Å²) in [6.45, 7) is 0. The third-order valence-electron chi connectivity index (χ3n) is 2.49. The lowest BCUT2D eigenvalue weighted by Gasteiger charge is -2.05. The van der Waals surface area contributed by atoms with E-state index in [0.717, 1.165) is 0 Å². The van der Waals surface area contributed by atoms with Crippen LogP contribution >= 0.6 is 20.7 Å². The van der Waals surface area contributed by atoms with Gasteiger partial charge in [0.2, 0.25) is 5.43 Å². The topological polar surface area (TPSA) is 98.6 Å². The minimum atomic E-state index is -0.586. The highest BCUT2D eigenvalue weighted by Gasteiger charge is 2.14. The van der Waals surface area contributed by atoms with Crippen molar-refractivity contribution in [1.82, 2.24) is 15.2 Å². The van der Waals surface area contributed by atoms with Gasteiger partial charge in [-0.2, -0.15) is 0 Å². The molecule has 2 aromatic heterocycles. The van der Waals surface area contributed by atoms with Crippen molar-refractivity contribution in [2.75, 3.05) is 0 Å². The lowest BCUT2D eigenvalue weighted by atomic mass is 10.1. The van der Waals surface area contributed by atoms with E-state index in [1.54, 1.807) is 6.08 Å². The first kappa shape index (κ1) is 10.4. The van der Waals surface area contributed by atoms with Crippen molar-refractivity contribution in [3.63, 3.8) is 0 Å². The minimum Gasteiger partial charge on any atom is -0.349 e. The van der Waals surface area contributed by atoms with Crippen LogP contribution in [0.15, 0.2) is 18.5 Å². The number of halogens is 1. The summed E-state index contributed by atoms with van der Waals surface area (Å²) in [6.07, 6.45) is 1.71. The first-order valence-electron chi connectivity index (χ1n) is 4.71. The van der Waals surface area contributed by atoms with Crippen LogP contribution in [0.5, 0.6) is 0 Å². The highest BCUT2D eigenvalue weighted by Crippen LogP contribution is 2.15. The lowest BCUT2D eigenvalue weighted by Crippen LogP contribution is -2.27. The smallest absolute Gasteiger partial charge is 0.287 e. The molecule has 3 N–H and O–H groups in total. The summed E-state index contributed by atoms with van der Waals surface area (Å²) >= 11 is -0.235. The number of fused-ring (bicyclic) bond motifs is 2. The molecule has 7 heteroatoms. The highest BCUT2D eigenvalue weighted by atomic mass is 127. The van der Waals surface area contributed by atoms with E-state index in [1.807, 2.05) is 8.09 Å². The zero-order valence-electron chi connectivity index (χ0n) is 8.33. The number of aromatic nitrogens is 3. The van der Waals surface area contributed by atoms with Gasteiger partial charge in [-0.25, -0.2) is 0 Å². The molecule has 0 bridgehead atoms. The highest BCUT2D eigenvalue weighted by molar-refractivity contribution is 14.2. The number of aromatic amines is 3. The monoisotopic (exact) mass is 343 g/mol. The molecule has 0 amide bonds. The predicted molar refractivity (Wildman–Crippen MR) is 74.0 cm³/mol. The summed E-state index contributed by atoms with van der Waals surface area (Å²) in [6, 6.07) is 0. The Morgan fingerprint density at radius 1 is 1.06 bits per heavy atom. The van der Waals surface area contributed by atoms with E-state index in [9.17, 15) is 14.4 Å². The maximum absolute atomic E-state index is 12.1. The van der Waals surface area contributed by atoms with E-state index >= 15 is 0 Å². The van der Waals surface area contributed by atoms with Gasteiger partial charge in [0, 0.05) is 5.56 Å². The molecule has 0 aromatic carbocycles. The van der Waals surface area contributed by atoms with Crippen LogP contribution in [0.25, 0.3) is 17.0 Å². The van der Waals surface area contributed by atoms with Crippen molar-refractivity contribution in [3.8, 4) is 0 Å². The van der Waals surface area contributed by atoms with Crippen LogP contribution in [-0.2, 0) is 0 Å². The summed E-state index contributed by atoms with van der Waals surface area (Å²) < 4.78 is 3.85. The molecule has 3 heterocycles. The van der Waals surface area contributed by atoms with Gasteiger partial charge in [-0.3, -0.25) is 24.6 Å². The molecule has 0 saturated heterocycles. The fourth-order valence-electron chi connectivity index (χ4n) is 1.71. The van der Waals surface area contributed by atoms with E-state index in [1.165, 1.54) is 0 Å². The SMILES string of the molecule is O=c1[nH][nH]c(=O)c2c(=O)c3c([nH]c12)C=IC=C3. The van der Waals surface area contributed by atoms with E-state index in [-0.39, 0.29) is 31.6 Å². The molecule has 86 valence electrons. The molecule has 0 spiro atoms. The average molecular weight is 343 g/mol. The van der Waals surface area contributed by atoms with E-state index in [4.69, 9.17) is 0 Å². The van der Waals surface area contributed by atoms with Gasteiger partial charge in [0.1, 0.15) is 10.9 Å². The average Bonchev–Trinajstić information content (AvgIpc) is 2.34. The molecule has 3 rings (SSSR count). The van der Waals surface area contributed by atoms with Gasteiger partial charge in [-0.1, -0.05) is 20.7 Å². The van der Waals surface area contributed by atoms with Gasteiger partial charge in [0.25, 0.3) is 11.1 Å². The summed E-state index contributed by atoms with van der Waals surface area (Å²) in [5, 5.41) is 4.22. The van der Waals surface area contributed by atoms with Crippen LogP contribution in [0.1, 0.15) is 11.3 Å². The largest absolute Gasteiger partial charge is 0.349 e. The molecule has 0 fully saturated rings. The number of hydrogen-bond donors (Lipinski definition) is 3. The molecule has 0 aliphatic carbocycles. The number of pyridine rings is 1. The Morgan fingerprint density at radius 3 is 2.65 bits per heavy atom. The van der Waals surface area contributed by atoms with Crippen LogP contribution in [0.4, 0.5) is 0 Å². The molecule has 6 nitrogen and oxygen atoms in total. The fourth-order valence-corrected chi connectivity index (χ4v) is 3.34. The van der Waals surface area contributed by atoms with Gasteiger partial charge < -0.3 is 4.98 Å². The van der Waals surface area contributed by atoms with Crippen molar-refractivity contribution < 1.29 is 0 Å². The quantitative estimate of drug-likeness (QED) is 0.588. The van der Waals surface area contributed by atoms with Crippen LogP contribution in [0.3, 0.4) is 0 Å². The number of H-pyrrole nitrogens is 3. The molecule has 1 aliphatic heterocycles. The lowest BCUT2D eigenvalue weighted by molar-refractivity contribution is 0.967. The maximum atomic E-state index is 12.1. The predicted octanol–water partition coefficient (Wildman–Crippen LogP) is 0.01000. The minimum absolute atomic E-state index is 0.0352. The second kappa shape index (κ2) is 3.62. The Morgan fingerprint density at radius 2 is 1.82 bits per heavy atom. The van der Waals surface area contributed by atoms with Gasteiger partial charge >= 0.3 is 0 Å². The molecular formula is C10H6IN3O3. The third-order valence-corrected chi connectivity index (χ3v) is 4.25. The molecule has 0 saturated carbocycles. The van der Waals surface area contributed by atoms with Crippen molar-refractivity contribution >= 4 is 41.7 Å². The molecule has 0 radical (unpaired) electrons. The Labute approximate surface area is 103 Å². The Balaban J connectivity index is 2.68. The van der Waals surface area contributed by atoms with Crippen LogP contribution < -0.4 is 16.5 Å². The molecular weight excluding hydrogens is 337 g/mol.